The highest BCUT2D eigenvalue weighted by Gasteiger charge is 2.05. The van der Waals surface area contributed by atoms with Gasteiger partial charge in [-0.3, -0.25) is 9.97 Å². The number of aromatic nitrogens is 2. The zero-order valence-corrected chi connectivity index (χ0v) is 9.03. The van der Waals surface area contributed by atoms with E-state index in [4.69, 9.17) is 5.11 Å². The molecule has 0 fully saturated rings. The molecule has 0 unspecified atom stereocenters. The Kier molecular flexibility index (Phi) is 4.14. The van der Waals surface area contributed by atoms with Crippen molar-refractivity contribution in [2.24, 2.45) is 4.99 Å². The summed E-state index contributed by atoms with van der Waals surface area (Å²) in [7, 11) is 3.51. The molecule has 0 aliphatic carbocycles. The number of carboxylic acids is 1. The maximum absolute atomic E-state index is 10.9. The second-order valence-electron chi connectivity index (χ2n) is 3.17. The molecule has 1 heterocycles. The first-order valence-corrected chi connectivity index (χ1v) is 4.51. The Balaban J connectivity index is 2.95. The zero-order chi connectivity index (χ0) is 12.0. The first-order chi connectivity index (χ1) is 7.59. The smallest absolute Gasteiger partial charge is 0.354 e. The minimum Gasteiger partial charge on any atom is -0.477 e. The molecule has 6 nitrogen and oxygen atoms in total. The van der Waals surface area contributed by atoms with Crippen molar-refractivity contribution >= 4 is 18.4 Å². The fourth-order valence-corrected chi connectivity index (χ4v) is 0.857. The lowest BCUT2D eigenvalue weighted by molar-refractivity contribution is -0.132. The van der Waals surface area contributed by atoms with Crippen molar-refractivity contribution in [2.75, 3.05) is 14.1 Å². The lowest BCUT2D eigenvalue weighted by Crippen LogP contribution is -2.09. The van der Waals surface area contributed by atoms with Crippen LogP contribution in [0.3, 0.4) is 0 Å². The summed E-state index contributed by atoms with van der Waals surface area (Å²) < 4.78 is 0. The standard InChI is InChI=1S/C10H12N4O2/c1-14(2)7-13-9(10(15)16)5-8-6-11-3-4-12-8/h3-7H,1-2H3,(H,15,16)/b9-5-,13-7?. The van der Waals surface area contributed by atoms with Crippen LogP contribution < -0.4 is 0 Å². The topological polar surface area (TPSA) is 78.7 Å². The van der Waals surface area contributed by atoms with Gasteiger partial charge in [-0.2, -0.15) is 0 Å². The first kappa shape index (κ1) is 11.8. The van der Waals surface area contributed by atoms with Gasteiger partial charge in [0.1, 0.15) is 0 Å². The molecule has 0 bridgehead atoms. The van der Waals surface area contributed by atoms with E-state index in [2.05, 4.69) is 15.0 Å². The Hall–Kier alpha value is -2.24. The second kappa shape index (κ2) is 5.59. The largest absolute Gasteiger partial charge is 0.477 e. The van der Waals surface area contributed by atoms with Gasteiger partial charge in [-0.15, -0.1) is 0 Å². The predicted molar refractivity (Wildman–Crippen MR) is 59.8 cm³/mol. The van der Waals surface area contributed by atoms with Crippen molar-refractivity contribution in [2.45, 2.75) is 0 Å². The van der Waals surface area contributed by atoms with Crippen LogP contribution in [0.2, 0.25) is 0 Å². The van der Waals surface area contributed by atoms with Gasteiger partial charge in [-0.1, -0.05) is 0 Å². The van der Waals surface area contributed by atoms with E-state index in [9.17, 15) is 4.79 Å². The minimum absolute atomic E-state index is 0.0887. The number of aliphatic carboxylic acids is 1. The molecule has 84 valence electrons. The van der Waals surface area contributed by atoms with Gasteiger partial charge in [-0.05, 0) is 6.08 Å². The van der Waals surface area contributed by atoms with Gasteiger partial charge in [0.05, 0.1) is 18.2 Å². The van der Waals surface area contributed by atoms with E-state index >= 15 is 0 Å². The maximum Gasteiger partial charge on any atom is 0.354 e. The fourth-order valence-electron chi connectivity index (χ4n) is 0.857. The summed E-state index contributed by atoms with van der Waals surface area (Å²) in [5.74, 6) is -1.11. The van der Waals surface area contributed by atoms with Crippen LogP contribution >= 0.6 is 0 Å². The molecule has 0 saturated heterocycles. The summed E-state index contributed by atoms with van der Waals surface area (Å²) >= 11 is 0. The first-order valence-electron chi connectivity index (χ1n) is 4.51. The van der Waals surface area contributed by atoms with Crippen LogP contribution in [-0.2, 0) is 4.79 Å². The van der Waals surface area contributed by atoms with E-state index in [0.717, 1.165) is 0 Å². The van der Waals surface area contributed by atoms with Crippen molar-refractivity contribution in [3.8, 4) is 0 Å². The summed E-state index contributed by atoms with van der Waals surface area (Å²) in [4.78, 5) is 24.1. The highest BCUT2D eigenvalue weighted by molar-refractivity contribution is 5.92. The maximum atomic E-state index is 10.9. The second-order valence-corrected chi connectivity index (χ2v) is 3.17. The number of nitrogens with zero attached hydrogens (tertiary/aromatic N) is 4. The molecule has 0 atom stereocenters. The van der Waals surface area contributed by atoms with E-state index in [-0.39, 0.29) is 5.70 Å². The summed E-state index contributed by atoms with van der Waals surface area (Å²) in [6.07, 6.45) is 7.24. The molecule has 1 rings (SSSR count). The van der Waals surface area contributed by atoms with Crippen LogP contribution in [0, 0.1) is 0 Å². The van der Waals surface area contributed by atoms with Crippen LogP contribution in [0.15, 0.2) is 29.3 Å². The van der Waals surface area contributed by atoms with Gasteiger partial charge < -0.3 is 10.0 Å². The molecule has 1 aromatic rings. The zero-order valence-electron chi connectivity index (χ0n) is 9.03. The monoisotopic (exact) mass is 220 g/mol. The Labute approximate surface area is 93.0 Å². The average Bonchev–Trinajstić information content (AvgIpc) is 2.25. The lowest BCUT2D eigenvalue weighted by atomic mass is 10.3. The molecule has 0 aliphatic heterocycles. The van der Waals surface area contributed by atoms with Crippen molar-refractivity contribution < 1.29 is 9.90 Å². The lowest BCUT2D eigenvalue weighted by Gasteiger charge is -2.02. The summed E-state index contributed by atoms with van der Waals surface area (Å²) in [5, 5.41) is 8.90. The molecular formula is C10H12N4O2. The van der Waals surface area contributed by atoms with Crippen LogP contribution in [0.1, 0.15) is 5.69 Å². The van der Waals surface area contributed by atoms with Crippen LogP contribution in [0.4, 0.5) is 0 Å². The van der Waals surface area contributed by atoms with E-state index < -0.39 is 5.97 Å². The molecule has 1 aromatic heterocycles. The van der Waals surface area contributed by atoms with Crippen molar-refractivity contribution in [1.82, 2.24) is 14.9 Å². The fraction of sp³-hybridized carbons (Fsp3) is 0.200. The highest BCUT2D eigenvalue weighted by Crippen LogP contribution is 2.03. The predicted octanol–water partition coefficient (Wildman–Crippen LogP) is 0.492. The molecule has 0 amide bonds. The van der Waals surface area contributed by atoms with Crippen molar-refractivity contribution in [3.05, 3.63) is 30.0 Å². The molecule has 16 heavy (non-hydrogen) atoms. The summed E-state index contributed by atoms with van der Waals surface area (Å²) in [6.45, 7) is 0. The van der Waals surface area contributed by atoms with Crippen LogP contribution in [-0.4, -0.2) is 46.4 Å². The molecule has 6 heteroatoms. The van der Waals surface area contributed by atoms with Gasteiger partial charge >= 0.3 is 5.97 Å². The number of carboxylic acid groups (broad SMARTS) is 1. The summed E-state index contributed by atoms with van der Waals surface area (Å²) in [5.41, 5.74) is 0.366. The number of rotatable bonds is 4. The average molecular weight is 220 g/mol. The van der Waals surface area contributed by atoms with E-state index in [0.29, 0.717) is 5.69 Å². The number of hydrogen-bond donors (Lipinski definition) is 1. The van der Waals surface area contributed by atoms with Crippen LogP contribution in [0.25, 0.3) is 6.08 Å². The third-order valence-electron chi connectivity index (χ3n) is 1.51. The molecule has 1 N–H and O–H groups in total. The highest BCUT2D eigenvalue weighted by atomic mass is 16.4. The number of aliphatic imine (C=N–C) groups is 1. The normalized spacial score (nSPS) is 11.8. The molecule has 0 radical (unpaired) electrons. The summed E-state index contributed by atoms with van der Waals surface area (Å²) in [6, 6.07) is 0. The Morgan fingerprint density at radius 3 is 2.75 bits per heavy atom. The van der Waals surface area contributed by atoms with Gasteiger partial charge in [-0.25, -0.2) is 9.79 Å². The van der Waals surface area contributed by atoms with Crippen molar-refractivity contribution in [3.63, 3.8) is 0 Å². The number of carbonyl (C=O) groups is 1. The Morgan fingerprint density at radius 2 is 2.25 bits per heavy atom. The van der Waals surface area contributed by atoms with E-state index in [1.54, 1.807) is 19.0 Å². The molecule has 0 aromatic carbocycles. The minimum atomic E-state index is -1.11. The molecular weight excluding hydrogens is 208 g/mol. The quantitative estimate of drug-likeness (QED) is 0.454. The van der Waals surface area contributed by atoms with Gasteiger partial charge in [0.25, 0.3) is 0 Å². The van der Waals surface area contributed by atoms with Gasteiger partial charge in [0.15, 0.2) is 5.70 Å². The SMILES string of the molecule is CN(C)C=N/C(=C\c1cnccn1)C(=O)O. The van der Waals surface area contributed by atoms with Crippen molar-refractivity contribution in [1.29, 1.82) is 0 Å². The Morgan fingerprint density at radius 1 is 1.50 bits per heavy atom. The third kappa shape index (κ3) is 3.87. The Bertz CT molecular complexity index is 412. The van der Waals surface area contributed by atoms with E-state index in [1.165, 1.54) is 31.0 Å². The van der Waals surface area contributed by atoms with Crippen LogP contribution in [0.5, 0.6) is 0 Å². The number of hydrogen-bond acceptors (Lipinski definition) is 4. The third-order valence-corrected chi connectivity index (χ3v) is 1.51. The van der Waals surface area contributed by atoms with Gasteiger partial charge in [0.2, 0.25) is 0 Å². The molecule has 0 saturated carbocycles. The van der Waals surface area contributed by atoms with Gasteiger partial charge in [0, 0.05) is 26.5 Å². The van der Waals surface area contributed by atoms with E-state index in [1.807, 2.05) is 0 Å². The molecule has 0 aliphatic rings. The molecule has 0 spiro atoms.